The summed E-state index contributed by atoms with van der Waals surface area (Å²) >= 11 is 1.92. The molecule has 0 unspecified atom stereocenters. The molecule has 0 saturated heterocycles. The lowest BCUT2D eigenvalue weighted by Crippen LogP contribution is -2.32. The second-order valence-electron chi connectivity index (χ2n) is 16.8. The highest BCUT2D eigenvalue weighted by Gasteiger charge is 2.50. The molecule has 0 saturated carbocycles. The van der Waals surface area contributed by atoms with E-state index in [9.17, 15) is 0 Å². The Morgan fingerprint density at radius 2 is 0.891 bits per heavy atom. The number of hydrogen-bond acceptors (Lipinski definition) is 2. The number of aromatic nitrogens is 1. The van der Waals surface area contributed by atoms with E-state index in [0.29, 0.717) is 0 Å². The molecule has 2 aliphatic rings. The first-order valence-electron chi connectivity index (χ1n) is 22.0. The largest absolute Gasteiger partial charge is 0.310 e. The summed E-state index contributed by atoms with van der Waals surface area (Å²) in [4.78, 5) is 5.01. The van der Waals surface area contributed by atoms with Crippen molar-refractivity contribution in [2.24, 2.45) is 0 Å². The van der Waals surface area contributed by atoms with E-state index < -0.39 is 5.41 Å². The number of benzene rings is 10. The van der Waals surface area contributed by atoms with Crippen molar-refractivity contribution in [2.75, 3.05) is 4.90 Å². The minimum atomic E-state index is -0.452. The third-order valence-corrected chi connectivity index (χ3v) is 14.7. The van der Waals surface area contributed by atoms with Crippen molar-refractivity contribution in [3.05, 3.63) is 265 Å². The van der Waals surface area contributed by atoms with Gasteiger partial charge in [0.2, 0.25) is 0 Å². The van der Waals surface area contributed by atoms with Crippen LogP contribution in [0, 0.1) is 0 Å². The summed E-state index contributed by atoms with van der Waals surface area (Å²) in [7, 11) is 0. The summed E-state index contributed by atoms with van der Waals surface area (Å²) < 4.78 is 2.52. The monoisotopic (exact) mass is 832 g/mol. The normalized spacial score (nSPS) is 13.1. The Hall–Kier alpha value is -7.85. The van der Waals surface area contributed by atoms with E-state index in [-0.39, 0.29) is 0 Å². The maximum Gasteiger partial charge on any atom is 0.0736 e. The van der Waals surface area contributed by atoms with Crippen molar-refractivity contribution in [1.29, 1.82) is 0 Å². The van der Waals surface area contributed by atoms with Crippen LogP contribution in [0.15, 0.2) is 252 Å². The molecular weight excluding hydrogens is 793 g/mol. The lowest BCUT2D eigenvalue weighted by atomic mass is 9.67. The summed E-state index contributed by atoms with van der Waals surface area (Å²) in [6.07, 6.45) is 0. The van der Waals surface area contributed by atoms with Crippen LogP contribution in [-0.2, 0) is 5.41 Å². The number of hydrogen-bond donors (Lipinski definition) is 0. The summed E-state index contributed by atoms with van der Waals surface area (Å²) in [5.41, 5.74) is 19.2. The molecular formula is C61H40N2S. The first-order chi connectivity index (χ1) is 31.8. The Kier molecular flexibility index (Phi) is 8.40. The molecule has 11 aromatic rings. The zero-order chi connectivity index (χ0) is 42.2. The van der Waals surface area contributed by atoms with Crippen molar-refractivity contribution in [3.63, 3.8) is 0 Å². The summed E-state index contributed by atoms with van der Waals surface area (Å²) in [5, 5.41) is 2.51. The van der Waals surface area contributed by atoms with Crippen LogP contribution < -0.4 is 4.90 Å². The first-order valence-corrected chi connectivity index (χ1v) is 22.8. The van der Waals surface area contributed by atoms with Gasteiger partial charge in [0.25, 0.3) is 0 Å². The molecule has 300 valence electrons. The fraction of sp³-hybridized carbons (Fsp3) is 0.0164. The molecule has 0 bridgehead atoms. The summed E-state index contributed by atoms with van der Waals surface area (Å²) in [6, 6.07) is 89.3. The molecule has 2 nitrogen and oxygen atoms in total. The van der Waals surface area contributed by atoms with Gasteiger partial charge >= 0.3 is 0 Å². The van der Waals surface area contributed by atoms with Crippen molar-refractivity contribution in [3.8, 4) is 39.1 Å². The molecule has 10 aromatic carbocycles. The fourth-order valence-corrected chi connectivity index (χ4v) is 12.1. The van der Waals surface area contributed by atoms with Gasteiger partial charge < -0.3 is 9.47 Å². The molecule has 1 spiro atoms. The van der Waals surface area contributed by atoms with Gasteiger partial charge in [-0.15, -0.1) is 0 Å². The maximum absolute atomic E-state index is 2.52. The molecule has 3 heteroatoms. The van der Waals surface area contributed by atoms with Crippen LogP contribution in [0.4, 0.5) is 17.1 Å². The van der Waals surface area contributed by atoms with Gasteiger partial charge in [-0.25, -0.2) is 0 Å². The minimum absolute atomic E-state index is 0.452. The van der Waals surface area contributed by atoms with Gasteiger partial charge in [0.05, 0.1) is 22.1 Å². The molecule has 1 aliphatic carbocycles. The first kappa shape index (κ1) is 36.8. The Labute approximate surface area is 377 Å². The molecule has 64 heavy (non-hydrogen) atoms. The van der Waals surface area contributed by atoms with Crippen LogP contribution in [0.2, 0.25) is 0 Å². The maximum atomic E-state index is 2.52. The van der Waals surface area contributed by atoms with Crippen molar-refractivity contribution >= 4 is 50.6 Å². The predicted octanol–water partition coefficient (Wildman–Crippen LogP) is 16.4. The topological polar surface area (TPSA) is 8.17 Å². The van der Waals surface area contributed by atoms with Crippen molar-refractivity contribution in [1.82, 2.24) is 4.57 Å². The highest BCUT2D eigenvalue weighted by molar-refractivity contribution is 7.99. The molecule has 0 fully saturated rings. The molecule has 2 heterocycles. The van der Waals surface area contributed by atoms with E-state index in [1.54, 1.807) is 0 Å². The van der Waals surface area contributed by atoms with E-state index >= 15 is 0 Å². The van der Waals surface area contributed by atoms with Crippen LogP contribution >= 0.6 is 11.8 Å². The van der Waals surface area contributed by atoms with Gasteiger partial charge in [0.15, 0.2) is 0 Å². The molecule has 0 radical (unpaired) electrons. The van der Waals surface area contributed by atoms with E-state index in [1.165, 1.54) is 87.2 Å². The molecule has 0 N–H and O–H groups in total. The average Bonchev–Trinajstić information content (AvgIpc) is 3.87. The molecule has 0 amide bonds. The zero-order valence-corrected chi connectivity index (χ0v) is 35.7. The second kappa shape index (κ2) is 14.6. The van der Waals surface area contributed by atoms with Gasteiger partial charge in [-0.05, 0) is 105 Å². The minimum Gasteiger partial charge on any atom is -0.310 e. The summed E-state index contributed by atoms with van der Waals surface area (Å²) in [6.45, 7) is 0. The highest BCUT2D eigenvalue weighted by Crippen LogP contribution is 2.63. The average molecular weight is 833 g/mol. The summed E-state index contributed by atoms with van der Waals surface area (Å²) in [5.74, 6) is 0. The quantitative estimate of drug-likeness (QED) is 0.165. The van der Waals surface area contributed by atoms with E-state index in [4.69, 9.17) is 0 Å². The smallest absolute Gasteiger partial charge is 0.0736 e. The Morgan fingerprint density at radius 3 is 1.59 bits per heavy atom. The van der Waals surface area contributed by atoms with Gasteiger partial charge in [-0.3, -0.25) is 0 Å². The number of anilines is 3. The third-order valence-electron chi connectivity index (χ3n) is 13.5. The molecule has 1 aromatic heterocycles. The Balaban J connectivity index is 1.02. The Bertz CT molecular complexity index is 3520. The SMILES string of the molecule is c1ccc(-c2ccc(N(c3ccc(-n4c5ccccc5c5ccc6c(c54)Sc4ccccc4C64c5ccccc5-c5ccccc54)cc3)c3ccccc3-c3ccccc3)cc2)cc1. The lowest BCUT2D eigenvalue weighted by molar-refractivity contribution is 0.724. The lowest BCUT2D eigenvalue weighted by Gasteiger charge is -2.40. The van der Waals surface area contributed by atoms with Crippen LogP contribution in [0.25, 0.3) is 60.9 Å². The number of rotatable bonds is 6. The van der Waals surface area contributed by atoms with Crippen molar-refractivity contribution in [2.45, 2.75) is 15.2 Å². The van der Waals surface area contributed by atoms with E-state index in [2.05, 4.69) is 252 Å². The molecule has 0 atom stereocenters. The molecule has 13 rings (SSSR count). The van der Waals surface area contributed by atoms with Crippen LogP contribution in [0.1, 0.15) is 22.3 Å². The van der Waals surface area contributed by atoms with E-state index in [0.717, 1.165) is 22.7 Å². The van der Waals surface area contributed by atoms with Crippen LogP contribution in [0.5, 0.6) is 0 Å². The second-order valence-corrected chi connectivity index (χ2v) is 17.8. The van der Waals surface area contributed by atoms with Crippen LogP contribution in [-0.4, -0.2) is 4.57 Å². The van der Waals surface area contributed by atoms with Crippen molar-refractivity contribution < 1.29 is 0 Å². The predicted molar refractivity (Wildman–Crippen MR) is 268 cm³/mol. The third kappa shape index (κ3) is 5.41. The number of para-hydroxylation sites is 2. The van der Waals surface area contributed by atoms with Crippen LogP contribution in [0.3, 0.4) is 0 Å². The number of fused-ring (bicyclic) bond motifs is 13. The number of nitrogens with zero attached hydrogens (tertiary/aromatic N) is 2. The Morgan fingerprint density at radius 1 is 0.359 bits per heavy atom. The van der Waals surface area contributed by atoms with Gasteiger partial charge in [0.1, 0.15) is 0 Å². The standard InChI is InChI=1S/C61H40N2S/c1-3-17-41(18-4-1)42-31-33-44(34-32-42)62(56-28-14-9-21-47(56)43-19-5-2-6-20-43)45-35-37-46(38-36-45)63-57-29-15-10-24-50(57)51-39-40-55-60(59(51)63)64-58-30-16-13-27-54(58)61(55)52-25-11-7-22-48(52)49-23-8-12-26-53(49)61/h1-40H. The van der Waals surface area contributed by atoms with Gasteiger partial charge in [0, 0.05) is 43.2 Å². The zero-order valence-electron chi connectivity index (χ0n) is 34.9. The van der Waals surface area contributed by atoms with Gasteiger partial charge in [-0.2, -0.15) is 0 Å². The fourth-order valence-electron chi connectivity index (χ4n) is 10.8. The van der Waals surface area contributed by atoms with E-state index in [1.807, 2.05) is 11.8 Å². The van der Waals surface area contributed by atoms with Gasteiger partial charge in [-0.1, -0.05) is 200 Å². The highest BCUT2D eigenvalue weighted by atomic mass is 32.2. The molecule has 1 aliphatic heterocycles.